The number of ether oxygens (including phenoxy) is 1. The number of benzene rings is 2. The molecule has 5 nitrogen and oxygen atoms in total. The number of ketones is 1. The van der Waals surface area contributed by atoms with Gasteiger partial charge in [-0.25, -0.2) is 4.79 Å². The van der Waals surface area contributed by atoms with Crippen LogP contribution in [-0.2, 0) is 27.3 Å². The lowest BCUT2D eigenvalue weighted by atomic mass is 9.84. The van der Waals surface area contributed by atoms with Crippen LogP contribution in [0, 0.1) is 0 Å². The zero-order valence-electron chi connectivity index (χ0n) is 18.6. The van der Waals surface area contributed by atoms with Crippen LogP contribution >= 0.6 is 0 Å². The van der Waals surface area contributed by atoms with Gasteiger partial charge in [0.05, 0.1) is 12.1 Å². The zero-order chi connectivity index (χ0) is 22.6. The second-order valence-electron chi connectivity index (χ2n) is 8.01. The van der Waals surface area contributed by atoms with E-state index in [1.807, 2.05) is 56.3 Å². The summed E-state index contributed by atoms with van der Waals surface area (Å²) in [5, 5.41) is 0. The van der Waals surface area contributed by atoms with Crippen molar-refractivity contribution >= 4 is 17.7 Å². The predicted molar refractivity (Wildman–Crippen MR) is 119 cm³/mol. The van der Waals surface area contributed by atoms with E-state index in [-0.39, 0.29) is 23.9 Å². The highest BCUT2D eigenvalue weighted by Gasteiger charge is 2.49. The Kier molecular flexibility index (Phi) is 6.74. The largest absolute Gasteiger partial charge is 0.462 e. The SMILES string of the molecule is CCOC(=O)C1=C(Cc2ccc(C(C)=O)cc2)C(C)(CC)N(Cc2ccccc2)C1=O. The standard InChI is InChI=1S/C26H29NO4/c1-5-26(4)22(16-19-12-14-21(15-13-19)18(3)28)23(25(30)31-6-2)24(29)27(26)17-20-10-8-7-9-11-20/h7-15H,5-6,16-17H2,1-4H3. The van der Waals surface area contributed by atoms with Gasteiger partial charge in [0.25, 0.3) is 5.91 Å². The first-order valence-corrected chi connectivity index (χ1v) is 10.7. The Hall–Kier alpha value is -3.21. The lowest BCUT2D eigenvalue weighted by Crippen LogP contribution is -2.45. The highest BCUT2D eigenvalue weighted by Crippen LogP contribution is 2.41. The van der Waals surface area contributed by atoms with Crippen molar-refractivity contribution in [2.75, 3.05) is 6.61 Å². The molecule has 1 atom stereocenters. The Morgan fingerprint density at radius 3 is 2.16 bits per heavy atom. The van der Waals surface area contributed by atoms with E-state index in [0.29, 0.717) is 24.9 Å². The molecule has 0 spiro atoms. The molecule has 1 amide bonds. The van der Waals surface area contributed by atoms with Crippen molar-refractivity contribution in [3.63, 3.8) is 0 Å². The van der Waals surface area contributed by atoms with Gasteiger partial charge >= 0.3 is 5.97 Å². The topological polar surface area (TPSA) is 63.7 Å². The molecule has 1 aliphatic heterocycles. The Morgan fingerprint density at radius 1 is 0.968 bits per heavy atom. The zero-order valence-corrected chi connectivity index (χ0v) is 18.6. The number of nitrogens with zero attached hydrogens (tertiary/aromatic N) is 1. The Bertz CT molecular complexity index is 1010. The summed E-state index contributed by atoms with van der Waals surface area (Å²) in [6.45, 7) is 7.93. The van der Waals surface area contributed by atoms with Crippen LogP contribution in [0.5, 0.6) is 0 Å². The first-order chi connectivity index (χ1) is 14.8. The summed E-state index contributed by atoms with van der Waals surface area (Å²) in [4.78, 5) is 39.7. The van der Waals surface area contributed by atoms with Gasteiger partial charge in [0.2, 0.25) is 0 Å². The van der Waals surface area contributed by atoms with Crippen molar-refractivity contribution in [3.8, 4) is 0 Å². The Labute approximate surface area is 183 Å². The van der Waals surface area contributed by atoms with Crippen molar-refractivity contribution < 1.29 is 19.1 Å². The molecular weight excluding hydrogens is 390 g/mol. The summed E-state index contributed by atoms with van der Waals surface area (Å²) in [6, 6.07) is 17.1. The highest BCUT2D eigenvalue weighted by atomic mass is 16.5. The van der Waals surface area contributed by atoms with E-state index in [2.05, 4.69) is 0 Å². The minimum absolute atomic E-state index is 0.00135. The summed E-state index contributed by atoms with van der Waals surface area (Å²) in [7, 11) is 0. The smallest absolute Gasteiger partial charge is 0.343 e. The highest BCUT2D eigenvalue weighted by molar-refractivity contribution is 6.19. The molecule has 1 aliphatic rings. The third kappa shape index (κ3) is 4.46. The van der Waals surface area contributed by atoms with Crippen molar-refractivity contribution in [1.82, 2.24) is 4.90 Å². The molecule has 0 saturated heterocycles. The Morgan fingerprint density at radius 2 is 1.61 bits per heavy atom. The minimum Gasteiger partial charge on any atom is -0.462 e. The normalized spacial score (nSPS) is 18.5. The van der Waals surface area contributed by atoms with Crippen molar-refractivity contribution in [2.45, 2.75) is 52.6 Å². The van der Waals surface area contributed by atoms with Crippen LogP contribution in [0.4, 0.5) is 0 Å². The van der Waals surface area contributed by atoms with Crippen LogP contribution in [0.1, 0.15) is 55.6 Å². The molecule has 0 bridgehead atoms. The first kappa shape index (κ1) is 22.5. The second kappa shape index (κ2) is 9.29. The molecule has 3 rings (SSSR count). The lowest BCUT2D eigenvalue weighted by molar-refractivity contribution is -0.142. The van der Waals surface area contributed by atoms with Crippen LogP contribution < -0.4 is 0 Å². The maximum atomic E-state index is 13.5. The van der Waals surface area contributed by atoms with Gasteiger partial charge in [0.15, 0.2) is 5.78 Å². The van der Waals surface area contributed by atoms with Crippen molar-refractivity contribution in [3.05, 3.63) is 82.4 Å². The summed E-state index contributed by atoms with van der Waals surface area (Å²) >= 11 is 0. The second-order valence-corrected chi connectivity index (χ2v) is 8.01. The van der Waals surface area contributed by atoms with Crippen LogP contribution in [-0.4, -0.2) is 34.7 Å². The fourth-order valence-corrected chi connectivity index (χ4v) is 4.09. The van der Waals surface area contributed by atoms with Gasteiger partial charge in [-0.2, -0.15) is 0 Å². The molecular formula is C26H29NO4. The molecule has 1 unspecified atom stereocenters. The van der Waals surface area contributed by atoms with E-state index in [1.54, 1.807) is 24.0 Å². The number of amides is 1. The molecule has 0 radical (unpaired) electrons. The molecule has 0 aromatic heterocycles. The lowest BCUT2D eigenvalue weighted by Gasteiger charge is -2.37. The molecule has 0 fully saturated rings. The summed E-state index contributed by atoms with van der Waals surface area (Å²) in [5.74, 6) is -0.860. The molecule has 162 valence electrons. The van der Waals surface area contributed by atoms with E-state index in [1.165, 1.54) is 6.92 Å². The minimum atomic E-state index is -0.617. The number of hydrogen-bond acceptors (Lipinski definition) is 4. The third-order valence-electron chi connectivity index (χ3n) is 6.10. The Balaban J connectivity index is 2.03. The van der Waals surface area contributed by atoms with Gasteiger partial charge in [-0.05, 0) is 50.3 Å². The summed E-state index contributed by atoms with van der Waals surface area (Å²) < 4.78 is 5.26. The van der Waals surface area contributed by atoms with Crippen molar-refractivity contribution in [1.29, 1.82) is 0 Å². The molecule has 31 heavy (non-hydrogen) atoms. The molecule has 2 aromatic rings. The molecule has 1 heterocycles. The van der Waals surface area contributed by atoms with Crippen molar-refractivity contribution in [2.24, 2.45) is 0 Å². The van der Waals surface area contributed by atoms with Gasteiger partial charge in [0, 0.05) is 12.1 Å². The third-order valence-corrected chi connectivity index (χ3v) is 6.10. The molecule has 5 heteroatoms. The number of Topliss-reactive ketones (excluding diaryl/α,β-unsaturated/α-hetero) is 1. The van der Waals surface area contributed by atoms with Gasteiger partial charge < -0.3 is 9.64 Å². The van der Waals surface area contributed by atoms with E-state index in [0.717, 1.165) is 16.7 Å². The fourth-order valence-electron chi connectivity index (χ4n) is 4.09. The maximum absolute atomic E-state index is 13.5. The number of carbonyl (C=O) groups excluding carboxylic acids is 3. The summed E-state index contributed by atoms with van der Waals surface area (Å²) in [6.07, 6.45) is 1.10. The molecule has 0 aliphatic carbocycles. The average Bonchev–Trinajstić information content (AvgIpc) is 2.97. The summed E-state index contributed by atoms with van der Waals surface area (Å²) in [5.41, 5.74) is 2.87. The predicted octanol–water partition coefficient (Wildman–Crippen LogP) is 4.50. The van der Waals surface area contributed by atoms with Crippen LogP contribution in [0.3, 0.4) is 0 Å². The van der Waals surface area contributed by atoms with E-state index in [9.17, 15) is 14.4 Å². The van der Waals surface area contributed by atoms with E-state index < -0.39 is 11.5 Å². The number of carbonyl (C=O) groups is 3. The maximum Gasteiger partial charge on any atom is 0.343 e. The molecule has 2 aromatic carbocycles. The fraction of sp³-hybridized carbons (Fsp3) is 0.346. The van der Waals surface area contributed by atoms with Crippen LogP contribution in [0.15, 0.2) is 65.7 Å². The number of rotatable bonds is 8. The molecule has 0 saturated carbocycles. The van der Waals surface area contributed by atoms with E-state index >= 15 is 0 Å². The van der Waals surface area contributed by atoms with Crippen LogP contribution in [0.25, 0.3) is 0 Å². The van der Waals surface area contributed by atoms with Gasteiger partial charge in [-0.1, -0.05) is 61.5 Å². The first-order valence-electron chi connectivity index (χ1n) is 10.7. The average molecular weight is 420 g/mol. The monoisotopic (exact) mass is 419 g/mol. The van der Waals surface area contributed by atoms with Gasteiger partial charge in [-0.15, -0.1) is 0 Å². The van der Waals surface area contributed by atoms with E-state index in [4.69, 9.17) is 4.74 Å². The van der Waals surface area contributed by atoms with Crippen LogP contribution in [0.2, 0.25) is 0 Å². The quantitative estimate of drug-likeness (QED) is 0.359. The molecule has 0 N–H and O–H groups in total. The van der Waals surface area contributed by atoms with Gasteiger partial charge in [-0.3, -0.25) is 9.59 Å². The number of esters is 1. The number of hydrogen-bond donors (Lipinski definition) is 0. The van der Waals surface area contributed by atoms with Gasteiger partial charge in [0.1, 0.15) is 5.57 Å².